The van der Waals surface area contributed by atoms with Crippen LogP contribution in [0.5, 0.6) is 0 Å². The molecule has 0 radical (unpaired) electrons. The molecule has 0 aromatic carbocycles. The standard InChI is InChI=1S/C8H11NO4S/c1-2-5-9-14(11,12)8-4-3-7(6-10)13-8/h3-4,6,9H,2,5H2,1H3. The lowest BCUT2D eigenvalue weighted by Gasteiger charge is -2.00. The molecule has 0 aliphatic heterocycles. The normalized spacial score (nSPS) is 11.5. The highest BCUT2D eigenvalue weighted by Gasteiger charge is 2.17. The summed E-state index contributed by atoms with van der Waals surface area (Å²) in [7, 11) is -3.59. The summed E-state index contributed by atoms with van der Waals surface area (Å²) in [5.41, 5.74) is 0. The average Bonchev–Trinajstić information content (AvgIpc) is 2.63. The molecule has 5 nitrogen and oxygen atoms in total. The van der Waals surface area contributed by atoms with Crippen LogP contribution in [0.2, 0.25) is 0 Å². The van der Waals surface area contributed by atoms with Crippen LogP contribution in [0.3, 0.4) is 0 Å². The summed E-state index contributed by atoms with van der Waals surface area (Å²) in [6.45, 7) is 2.20. The maximum Gasteiger partial charge on any atom is 0.273 e. The Labute approximate surface area is 82.2 Å². The third-order valence-corrected chi connectivity index (χ3v) is 2.86. The fourth-order valence-corrected chi connectivity index (χ4v) is 1.92. The van der Waals surface area contributed by atoms with E-state index in [0.717, 1.165) is 0 Å². The van der Waals surface area contributed by atoms with Gasteiger partial charge in [-0.15, -0.1) is 0 Å². The fraction of sp³-hybridized carbons (Fsp3) is 0.375. The van der Waals surface area contributed by atoms with Crippen LogP contribution in [0, 0.1) is 0 Å². The molecule has 0 saturated heterocycles. The van der Waals surface area contributed by atoms with Crippen LogP contribution in [0.1, 0.15) is 23.9 Å². The van der Waals surface area contributed by atoms with Gasteiger partial charge < -0.3 is 4.42 Å². The predicted octanol–water partition coefficient (Wildman–Crippen LogP) is 0.780. The molecule has 78 valence electrons. The van der Waals surface area contributed by atoms with Crippen molar-refractivity contribution < 1.29 is 17.6 Å². The molecular weight excluding hydrogens is 206 g/mol. The Kier molecular flexibility index (Phi) is 3.43. The molecular formula is C8H11NO4S. The molecule has 0 bridgehead atoms. The van der Waals surface area contributed by atoms with Crippen molar-refractivity contribution in [3.05, 3.63) is 17.9 Å². The number of aldehydes is 1. The first-order valence-corrected chi connectivity index (χ1v) is 5.63. The zero-order chi connectivity index (χ0) is 10.6. The Morgan fingerprint density at radius 3 is 2.71 bits per heavy atom. The van der Waals surface area contributed by atoms with E-state index in [2.05, 4.69) is 4.72 Å². The predicted molar refractivity (Wildman–Crippen MR) is 49.6 cm³/mol. The first-order valence-electron chi connectivity index (χ1n) is 4.15. The molecule has 0 fully saturated rings. The highest BCUT2D eigenvalue weighted by atomic mass is 32.2. The maximum atomic E-state index is 11.4. The van der Waals surface area contributed by atoms with Gasteiger partial charge in [-0.1, -0.05) is 6.92 Å². The second kappa shape index (κ2) is 4.39. The van der Waals surface area contributed by atoms with E-state index >= 15 is 0 Å². The quantitative estimate of drug-likeness (QED) is 0.739. The van der Waals surface area contributed by atoms with E-state index < -0.39 is 10.0 Å². The van der Waals surface area contributed by atoms with Gasteiger partial charge in [0, 0.05) is 6.54 Å². The number of nitrogens with one attached hydrogen (secondary N) is 1. The van der Waals surface area contributed by atoms with Gasteiger partial charge in [0.2, 0.25) is 5.09 Å². The van der Waals surface area contributed by atoms with Crippen LogP contribution >= 0.6 is 0 Å². The van der Waals surface area contributed by atoms with E-state index in [-0.39, 0.29) is 10.9 Å². The summed E-state index contributed by atoms with van der Waals surface area (Å²) >= 11 is 0. The molecule has 0 atom stereocenters. The van der Waals surface area contributed by atoms with E-state index in [1.54, 1.807) is 0 Å². The first-order chi connectivity index (χ1) is 6.60. The molecule has 14 heavy (non-hydrogen) atoms. The summed E-state index contributed by atoms with van der Waals surface area (Å²) in [5, 5.41) is -0.229. The van der Waals surface area contributed by atoms with Crippen LogP contribution in [0.25, 0.3) is 0 Å². The second-order valence-electron chi connectivity index (χ2n) is 2.67. The van der Waals surface area contributed by atoms with Gasteiger partial charge >= 0.3 is 0 Å². The van der Waals surface area contributed by atoms with Crippen molar-refractivity contribution in [3.63, 3.8) is 0 Å². The van der Waals surface area contributed by atoms with E-state index in [1.807, 2.05) is 6.92 Å². The lowest BCUT2D eigenvalue weighted by Crippen LogP contribution is -2.23. The summed E-state index contributed by atoms with van der Waals surface area (Å²) < 4.78 is 29.9. The van der Waals surface area contributed by atoms with Crippen molar-refractivity contribution in [1.82, 2.24) is 4.72 Å². The monoisotopic (exact) mass is 217 g/mol. The molecule has 1 N–H and O–H groups in total. The van der Waals surface area contributed by atoms with Crippen molar-refractivity contribution in [1.29, 1.82) is 0 Å². The number of furan rings is 1. The maximum absolute atomic E-state index is 11.4. The summed E-state index contributed by atoms with van der Waals surface area (Å²) in [4.78, 5) is 10.3. The van der Waals surface area contributed by atoms with Gasteiger partial charge in [-0.05, 0) is 18.6 Å². The third-order valence-electron chi connectivity index (χ3n) is 1.53. The van der Waals surface area contributed by atoms with Crippen LogP contribution in [-0.2, 0) is 10.0 Å². The molecule has 6 heteroatoms. The minimum absolute atomic E-state index is 0.00173. The molecule has 0 unspecified atom stereocenters. The Balaban J connectivity index is 2.87. The summed E-state index contributed by atoms with van der Waals surface area (Å²) in [6.07, 6.45) is 1.15. The van der Waals surface area contributed by atoms with E-state index in [4.69, 9.17) is 4.42 Å². The van der Waals surface area contributed by atoms with Crippen LogP contribution in [0.4, 0.5) is 0 Å². The Morgan fingerprint density at radius 1 is 1.50 bits per heavy atom. The van der Waals surface area contributed by atoms with Crippen molar-refractivity contribution >= 4 is 16.3 Å². The van der Waals surface area contributed by atoms with Crippen LogP contribution in [-0.4, -0.2) is 21.2 Å². The summed E-state index contributed by atoms with van der Waals surface area (Å²) in [5.74, 6) is 0.00173. The van der Waals surface area contributed by atoms with Gasteiger partial charge in [-0.25, -0.2) is 13.1 Å². The topological polar surface area (TPSA) is 76.4 Å². The second-order valence-corrected chi connectivity index (χ2v) is 4.37. The first kappa shape index (κ1) is 10.9. The average molecular weight is 217 g/mol. The van der Waals surface area contributed by atoms with Crippen molar-refractivity contribution in [3.8, 4) is 0 Å². The van der Waals surface area contributed by atoms with Crippen LogP contribution < -0.4 is 4.72 Å². The Bertz CT molecular complexity index is 407. The SMILES string of the molecule is CCCNS(=O)(=O)c1ccc(C=O)o1. The third kappa shape index (κ3) is 2.43. The van der Waals surface area contributed by atoms with Gasteiger partial charge in [0.25, 0.3) is 10.0 Å². The molecule has 0 saturated carbocycles. The summed E-state index contributed by atoms with van der Waals surface area (Å²) in [6, 6.07) is 2.56. The molecule has 1 aromatic rings. The Morgan fingerprint density at radius 2 is 2.21 bits per heavy atom. The van der Waals surface area contributed by atoms with E-state index in [9.17, 15) is 13.2 Å². The zero-order valence-electron chi connectivity index (χ0n) is 7.69. The number of carbonyl (C=O) groups is 1. The van der Waals surface area contributed by atoms with Crippen molar-refractivity contribution in [2.75, 3.05) is 6.54 Å². The number of carbonyl (C=O) groups excluding carboxylic acids is 1. The zero-order valence-corrected chi connectivity index (χ0v) is 8.50. The minimum atomic E-state index is -3.59. The van der Waals surface area contributed by atoms with Gasteiger partial charge in [0.15, 0.2) is 12.0 Å². The molecule has 0 aliphatic rings. The molecule has 1 rings (SSSR count). The fourth-order valence-electron chi connectivity index (χ4n) is 0.850. The van der Waals surface area contributed by atoms with Gasteiger partial charge in [-0.3, -0.25) is 4.79 Å². The van der Waals surface area contributed by atoms with E-state index in [0.29, 0.717) is 19.3 Å². The lowest BCUT2D eigenvalue weighted by molar-refractivity contribution is 0.109. The van der Waals surface area contributed by atoms with Crippen molar-refractivity contribution in [2.24, 2.45) is 0 Å². The minimum Gasteiger partial charge on any atom is -0.440 e. The van der Waals surface area contributed by atoms with Crippen LogP contribution in [0.15, 0.2) is 21.6 Å². The molecule has 0 amide bonds. The highest BCUT2D eigenvalue weighted by molar-refractivity contribution is 7.89. The molecule has 0 spiro atoms. The van der Waals surface area contributed by atoms with Crippen molar-refractivity contribution in [2.45, 2.75) is 18.4 Å². The molecule has 1 aromatic heterocycles. The van der Waals surface area contributed by atoms with Gasteiger partial charge in [0.05, 0.1) is 0 Å². The Hall–Kier alpha value is -1.14. The molecule has 1 heterocycles. The largest absolute Gasteiger partial charge is 0.440 e. The smallest absolute Gasteiger partial charge is 0.273 e. The highest BCUT2D eigenvalue weighted by Crippen LogP contribution is 2.11. The van der Waals surface area contributed by atoms with Gasteiger partial charge in [-0.2, -0.15) is 0 Å². The lowest BCUT2D eigenvalue weighted by atomic mass is 10.5. The van der Waals surface area contributed by atoms with E-state index in [1.165, 1.54) is 12.1 Å². The number of hydrogen-bond donors (Lipinski definition) is 1. The molecule has 0 aliphatic carbocycles. The number of sulfonamides is 1. The number of hydrogen-bond acceptors (Lipinski definition) is 4. The number of rotatable bonds is 5. The van der Waals surface area contributed by atoms with Gasteiger partial charge in [0.1, 0.15) is 0 Å².